The van der Waals surface area contributed by atoms with Crippen molar-refractivity contribution in [2.75, 3.05) is 0 Å². The molecule has 12 aromatic rings. The number of halogens is 2. The third kappa shape index (κ3) is 6.08. The minimum atomic E-state index is -0.310. The molecule has 3 heterocycles. The first kappa shape index (κ1) is 37.2. The average molecular weight is 828 g/mol. The van der Waals surface area contributed by atoms with E-state index in [1.165, 1.54) is 24.3 Å². The summed E-state index contributed by atoms with van der Waals surface area (Å²) in [5.74, 6) is 0.807. The number of fused-ring (bicyclic) bond motifs is 6. The molecule has 0 fully saturated rings. The fourth-order valence-corrected chi connectivity index (χ4v) is 9.31. The van der Waals surface area contributed by atoms with Crippen molar-refractivity contribution in [2.24, 2.45) is 0 Å². The first-order chi connectivity index (χ1) is 31.6. The average Bonchev–Trinajstić information content (AvgIpc) is 3.87. The third-order valence-corrected chi connectivity index (χ3v) is 12.1. The Bertz CT molecular complexity index is 3410. The lowest BCUT2D eigenvalue weighted by molar-refractivity contribution is 0.627. The largest absolute Gasteiger partial charge is 0.308 e. The molecule has 9 aromatic carbocycles. The minimum absolute atomic E-state index is 0.310. The van der Waals surface area contributed by atoms with Crippen LogP contribution in [0.4, 0.5) is 8.78 Å². The lowest BCUT2D eigenvalue weighted by Crippen LogP contribution is -2.07. The van der Waals surface area contributed by atoms with Gasteiger partial charge in [0.15, 0.2) is 17.5 Å². The number of aromatic nitrogens is 5. The van der Waals surface area contributed by atoms with E-state index >= 15 is 0 Å². The van der Waals surface area contributed by atoms with Crippen LogP contribution in [0.15, 0.2) is 212 Å². The second kappa shape index (κ2) is 15.1. The van der Waals surface area contributed by atoms with Crippen molar-refractivity contribution in [1.29, 1.82) is 0 Å². The molecule has 0 atom stereocenters. The van der Waals surface area contributed by atoms with Crippen LogP contribution in [0.3, 0.4) is 0 Å². The number of rotatable bonds is 7. The molecular weight excluding hydrogens is 793 g/mol. The van der Waals surface area contributed by atoms with Gasteiger partial charge in [-0.1, -0.05) is 152 Å². The third-order valence-electron chi connectivity index (χ3n) is 12.1. The van der Waals surface area contributed by atoms with E-state index < -0.39 is 0 Å². The number of hydrogen-bond donors (Lipinski definition) is 0. The molecule has 0 spiro atoms. The molecule has 0 N–H and O–H groups in total. The summed E-state index contributed by atoms with van der Waals surface area (Å²) in [5, 5.41) is 4.42. The second-order valence-corrected chi connectivity index (χ2v) is 15.8. The normalized spacial score (nSPS) is 11.6. The molecule has 12 rings (SSSR count). The summed E-state index contributed by atoms with van der Waals surface area (Å²) in [6.45, 7) is 0. The van der Waals surface area contributed by atoms with Gasteiger partial charge in [-0.3, -0.25) is 0 Å². The van der Waals surface area contributed by atoms with Crippen molar-refractivity contribution >= 4 is 43.6 Å². The van der Waals surface area contributed by atoms with Crippen LogP contribution in [0.25, 0.3) is 111 Å². The van der Waals surface area contributed by atoms with E-state index in [1.54, 1.807) is 0 Å². The molecule has 0 saturated carbocycles. The van der Waals surface area contributed by atoms with Crippen LogP contribution in [0, 0.1) is 11.6 Å². The minimum Gasteiger partial charge on any atom is -0.308 e. The SMILES string of the molecule is Fc1ccc(-c2cccc(-c3nc(-c4ccccc4)nc(-c4cccc(-c5ccc(F)cc5)c4-n4c5ccccc5c5ccccc54)n3)c2-n2c3ccccc3c3ccccc32)cc1. The van der Waals surface area contributed by atoms with Crippen molar-refractivity contribution in [3.63, 3.8) is 0 Å². The Morgan fingerprint density at radius 2 is 0.594 bits per heavy atom. The smallest absolute Gasteiger partial charge is 0.166 e. The lowest BCUT2D eigenvalue weighted by Gasteiger charge is -2.20. The Balaban J connectivity index is 1.20. The lowest BCUT2D eigenvalue weighted by atomic mass is 9.98. The summed E-state index contributed by atoms with van der Waals surface area (Å²) in [6, 6.07) is 69.1. The molecule has 0 bridgehead atoms. The van der Waals surface area contributed by atoms with Crippen LogP contribution < -0.4 is 0 Å². The Hall–Kier alpha value is -8.55. The van der Waals surface area contributed by atoms with E-state index in [4.69, 9.17) is 15.0 Å². The van der Waals surface area contributed by atoms with Gasteiger partial charge in [-0.2, -0.15) is 0 Å². The maximum Gasteiger partial charge on any atom is 0.166 e. The molecule has 0 aliphatic carbocycles. The number of para-hydroxylation sites is 6. The molecular formula is C57H35F2N5. The Morgan fingerprint density at radius 1 is 0.266 bits per heavy atom. The summed E-state index contributed by atoms with van der Waals surface area (Å²) >= 11 is 0. The number of benzene rings is 9. The van der Waals surface area contributed by atoms with E-state index in [-0.39, 0.29) is 11.6 Å². The van der Waals surface area contributed by atoms with Gasteiger partial charge in [-0.05, 0) is 71.8 Å². The topological polar surface area (TPSA) is 48.5 Å². The summed E-state index contributed by atoms with van der Waals surface area (Å²) in [4.78, 5) is 16.1. The van der Waals surface area contributed by atoms with Crippen molar-refractivity contribution in [1.82, 2.24) is 24.1 Å². The molecule has 3 aromatic heterocycles. The summed E-state index contributed by atoms with van der Waals surface area (Å²) in [6.07, 6.45) is 0. The van der Waals surface area contributed by atoms with Crippen LogP contribution in [-0.2, 0) is 0 Å². The summed E-state index contributed by atoms with van der Waals surface area (Å²) < 4.78 is 33.7. The summed E-state index contributed by atoms with van der Waals surface area (Å²) in [5.41, 5.74) is 11.6. The van der Waals surface area contributed by atoms with Gasteiger partial charge >= 0.3 is 0 Å². The fourth-order valence-electron chi connectivity index (χ4n) is 9.31. The fraction of sp³-hybridized carbons (Fsp3) is 0. The maximum absolute atomic E-state index is 14.6. The van der Waals surface area contributed by atoms with Gasteiger partial charge in [0.05, 0.1) is 33.4 Å². The van der Waals surface area contributed by atoms with E-state index in [0.717, 1.165) is 93.9 Å². The van der Waals surface area contributed by atoms with Crippen LogP contribution in [-0.4, -0.2) is 24.1 Å². The first-order valence-corrected chi connectivity index (χ1v) is 21.2. The second-order valence-electron chi connectivity index (χ2n) is 15.8. The van der Waals surface area contributed by atoms with Gasteiger partial charge in [0.25, 0.3) is 0 Å². The van der Waals surface area contributed by atoms with Gasteiger partial charge in [-0.25, -0.2) is 23.7 Å². The Morgan fingerprint density at radius 3 is 0.984 bits per heavy atom. The van der Waals surface area contributed by atoms with Crippen molar-refractivity contribution in [3.8, 4) is 67.8 Å². The van der Waals surface area contributed by atoms with Crippen molar-refractivity contribution < 1.29 is 8.78 Å². The zero-order chi connectivity index (χ0) is 42.7. The van der Waals surface area contributed by atoms with Gasteiger partial charge in [-0.15, -0.1) is 0 Å². The molecule has 302 valence electrons. The quantitative estimate of drug-likeness (QED) is 0.161. The molecule has 7 heteroatoms. The van der Waals surface area contributed by atoms with Crippen LogP contribution >= 0.6 is 0 Å². The van der Waals surface area contributed by atoms with E-state index in [9.17, 15) is 8.78 Å². The van der Waals surface area contributed by atoms with E-state index in [1.807, 2.05) is 66.7 Å². The highest BCUT2D eigenvalue weighted by Crippen LogP contribution is 2.44. The zero-order valence-corrected chi connectivity index (χ0v) is 34.2. The van der Waals surface area contributed by atoms with E-state index in [2.05, 4.69) is 130 Å². The molecule has 0 amide bonds. The predicted octanol–water partition coefficient (Wildman–Crippen LogP) is 14.7. The van der Waals surface area contributed by atoms with Crippen molar-refractivity contribution in [2.45, 2.75) is 0 Å². The molecule has 0 aliphatic heterocycles. The van der Waals surface area contributed by atoms with Gasteiger partial charge in [0.2, 0.25) is 0 Å². The molecule has 0 saturated heterocycles. The van der Waals surface area contributed by atoms with Crippen LogP contribution in [0.2, 0.25) is 0 Å². The number of nitrogens with zero attached hydrogens (tertiary/aromatic N) is 5. The standard InChI is InChI=1S/C57H35F2N5/c58-39-32-28-36(29-33-39)41-20-12-22-47(53(41)63-49-24-8-4-16-43(49)44-17-5-9-25-50(44)63)56-60-55(38-14-2-1-3-15-38)61-57(62-56)48-23-13-21-42(37-30-34-40(59)35-31-37)54(48)64-51-26-10-6-18-45(51)46-19-7-11-27-52(46)64/h1-35H. The first-order valence-electron chi connectivity index (χ1n) is 21.2. The molecule has 5 nitrogen and oxygen atoms in total. The van der Waals surface area contributed by atoms with E-state index in [0.29, 0.717) is 17.5 Å². The van der Waals surface area contributed by atoms with Gasteiger partial charge in [0.1, 0.15) is 11.6 Å². The maximum atomic E-state index is 14.6. The molecule has 0 aliphatic rings. The highest BCUT2D eigenvalue weighted by Gasteiger charge is 2.25. The van der Waals surface area contributed by atoms with Crippen LogP contribution in [0.5, 0.6) is 0 Å². The van der Waals surface area contributed by atoms with Gasteiger partial charge < -0.3 is 9.13 Å². The Labute approximate surface area is 366 Å². The number of hydrogen-bond acceptors (Lipinski definition) is 3. The highest BCUT2D eigenvalue weighted by atomic mass is 19.1. The Kier molecular flexibility index (Phi) is 8.79. The predicted molar refractivity (Wildman–Crippen MR) is 256 cm³/mol. The van der Waals surface area contributed by atoms with Gasteiger partial charge in [0, 0.05) is 49.4 Å². The molecule has 0 unspecified atom stereocenters. The molecule has 64 heavy (non-hydrogen) atoms. The van der Waals surface area contributed by atoms with Crippen LogP contribution in [0.1, 0.15) is 0 Å². The van der Waals surface area contributed by atoms with Crippen molar-refractivity contribution in [3.05, 3.63) is 224 Å². The monoisotopic (exact) mass is 827 g/mol. The molecule has 0 radical (unpaired) electrons. The zero-order valence-electron chi connectivity index (χ0n) is 34.2. The summed E-state index contributed by atoms with van der Waals surface area (Å²) in [7, 11) is 0. The highest BCUT2D eigenvalue weighted by molar-refractivity contribution is 6.12.